The molecule has 1 aliphatic rings. The molecule has 0 radical (unpaired) electrons. The van der Waals surface area contributed by atoms with E-state index in [2.05, 4.69) is 27.0 Å². The standard InChI is InChI=1S/C19H22N4O.ClH.H2O/c1-13-20-16-12-15(14-8-4-5-9-17(14)24-2)22-18(16)19(21-13)23-10-6-3-7-11-23;;/h4-5,8-9,12,22H,3,6-7,10-11H2,1-2H3;1H;1H2. The van der Waals surface area contributed by atoms with Crippen LogP contribution in [-0.2, 0) is 0 Å². The van der Waals surface area contributed by atoms with Crippen LogP contribution in [-0.4, -0.2) is 40.6 Å². The molecule has 4 rings (SSSR count). The largest absolute Gasteiger partial charge is 0.496 e. The van der Waals surface area contributed by atoms with Gasteiger partial charge in [0.25, 0.3) is 0 Å². The zero-order valence-electron chi connectivity index (χ0n) is 15.1. The van der Waals surface area contributed by atoms with Gasteiger partial charge in [0, 0.05) is 18.7 Å². The number of hydrogen-bond acceptors (Lipinski definition) is 4. The first-order valence-corrected chi connectivity index (χ1v) is 8.52. The Labute approximate surface area is 159 Å². The maximum Gasteiger partial charge on any atom is 0.156 e. The molecule has 0 amide bonds. The Morgan fingerprint density at radius 3 is 2.54 bits per heavy atom. The predicted molar refractivity (Wildman–Crippen MR) is 108 cm³/mol. The molecule has 1 saturated heterocycles. The lowest BCUT2D eigenvalue weighted by atomic mass is 10.1. The summed E-state index contributed by atoms with van der Waals surface area (Å²) >= 11 is 0. The summed E-state index contributed by atoms with van der Waals surface area (Å²) in [6, 6.07) is 10.1. The highest BCUT2D eigenvalue weighted by Gasteiger charge is 2.19. The number of nitrogens with one attached hydrogen (secondary N) is 1. The summed E-state index contributed by atoms with van der Waals surface area (Å²) in [6.45, 7) is 4.09. The Balaban J connectivity index is 0.00000121. The number of ether oxygens (including phenoxy) is 1. The zero-order valence-corrected chi connectivity index (χ0v) is 15.9. The van der Waals surface area contributed by atoms with E-state index in [-0.39, 0.29) is 17.9 Å². The Morgan fingerprint density at radius 2 is 1.81 bits per heavy atom. The summed E-state index contributed by atoms with van der Waals surface area (Å²) in [5, 5.41) is 0. The first kappa shape index (κ1) is 20.0. The Hall–Kier alpha value is -2.31. The van der Waals surface area contributed by atoms with Crippen LogP contribution in [0.1, 0.15) is 25.1 Å². The van der Waals surface area contributed by atoms with Crippen LogP contribution in [0.5, 0.6) is 5.75 Å². The van der Waals surface area contributed by atoms with Crippen molar-refractivity contribution in [2.75, 3.05) is 25.1 Å². The van der Waals surface area contributed by atoms with Gasteiger partial charge in [-0.3, -0.25) is 0 Å². The predicted octanol–water partition coefficient (Wildman–Crippen LogP) is 3.53. The average molecular weight is 377 g/mol. The minimum Gasteiger partial charge on any atom is -0.496 e. The van der Waals surface area contributed by atoms with E-state index in [1.165, 1.54) is 19.3 Å². The molecule has 3 aromatic rings. The summed E-state index contributed by atoms with van der Waals surface area (Å²) in [5.41, 5.74) is 4.04. The number of hydrogen-bond donors (Lipinski definition) is 1. The molecule has 0 atom stereocenters. The summed E-state index contributed by atoms with van der Waals surface area (Å²) in [6.07, 6.45) is 3.76. The van der Waals surface area contributed by atoms with Gasteiger partial charge in [-0.15, -0.1) is 12.4 Å². The summed E-state index contributed by atoms with van der Waals surface area (Å²) in [7, 11) is 1.70. The molecule has 1 aliphatic heterocycles. The summed E-state index contributed by atoms with van der Waals surface area (Å²) in [5.74, 6) is 2.69. The topological polar surface area (TPSA) is 85.5 Å². The molecular weight excluding hydrogens is 352 g/mol. The van der Waals surface area contributed by atoms with Crippen molar-refractivity contribution >= 4 is 29.3 Å². The number of para-hydroxylation sites is 1. The van der Waals surface area contributed by atoms with Gasteiger partial charge in [0.2, 0.25) is 0 Å². The maximum atomic E-state index is 5.50. The molecule has 0 unspecified atom stereocenters. The SMILES string of the molecule is COc1ccccc1-c1cc2nc(C)nc(N3CCCCC3)c2[nH]1.Cl.O. The molecule has 0 spiro atoms. The van der Waals surface area contributed by atoms with E-state index >= 15 is 0 Å². The number of aromatic amines is 1. The van der Waals surface area contributed by atoms with Gasteiger partial charge in [0.15, 0.2) is 5.82 Å². The first-order valence-electron chi connectivity index (χ1n) is 8.52. The molecule has 2 aromatic heterocycles. The van der Waals surface area contributed by atoms with Crippen LogP contribution < -0.4 is 9.64 Å². The second-order valence-corrected chi connectivity index (χ2v) is 6.29. The number of nitrogens with zero attached hydrogens (tertiary/aromatic N) is 3. The van der Waals surface area contributed by atoms with Crippen molar-refractivity contribution in [2.45, 2.75) is 26.2 Å². The summed E-state index contributed by atoms with van der Waals surface area (Å²) in [4.78, 5) is 15.3. The average Bonchev–Trinajstić information content (AvgIpc) is 3.05. The van der Waals surface area contributed by atoms with Crippen LogP contribution in [0.4, 0.5) is 5.82 Å². The van der Waals surface area contributed by atoms with E-state index in [0.717, 1.165) is 52.8 Å². The number of anilines is 1. The third-order valence-electron chi connectivity index (χ3n) is 4.62. The fraction of sp³-hybridized carbons (Fsp3) is 0.368. The molecule has 1 aromatic carbocycles. The lowest BCUT2D eigenvalue weighted by Gasteiger charge is -2.28. The number of aromatic nitrogens is 3. The molecule has 0 saturated carbocycles. The van der Waals surface area contributed by atoms with E-state index in [4.69, 9.17) is 9.72 Å². The monoisotopic (exact) mass is 376 g/mol. The molecule has 3 N–H and O–H groups in total. The molecule has 140 valence electrons. The van der Waals surface area contributed by atoms with E-state index < -0.39 is 0 Å². The number of fused-ring (bicyclic) bond motifs is 1. The Kier molecular flexibility index (Phi) is 6.45. The summed E-state index contributed by atoms with van der Waals surface area (Å²) < 4.78 is 5.50. The van der Waals surface area contributed by atoms with Crippen LogP contribution in [0.15, 0.2) is 30.3 Å². The zero-order chi connectivity index (χ0) is 16.5. The van der Waals surface area contributed by atoms with Crippen LogP contribution in [0.3, 0.4) is 0 Å². The number of rotatable bonds is 3. The van der Waals surface area contributed by atoms with Gasteiger partial charge in [0.05, 0.1) is 18.3 Å². The number of aryl methyl sites for hydroxylation is 1. The number of H-pyrrole nitrogens is 1. The molecule has 26 heavy (non-hydrogen) atoms. The van der Waals surface area contributed by atoms with Gasteiger partial charge < -0.3 is 20.1 Å². The minimum atomic E-state index is 0. The van der Waals surface area contributed by atoms with E-state index in [0.29, 0.717) is 0 Å². The Bertz CT molecular complexity index is 875. The van der Waals surface area contributed by atoms with Crippen LogP contribution in [0.25, 0.3) is 22.3 Å². The van der Waals surface area contributed by atoms with Gasteiger partial charge in [-0.05, 0) is 44.4 Å². The van der Waals surface area contributed by atoms with E-state index in [1.54, 1.807) is 7.11 Å². The Morgan fingerprint density at radius 1 is 1.08 bits per heavy atom. The minimum absolute atomic E-state index is 0. The third kappa shape index (κ3) is 3.61. The van der Waals surface area contributed by atoms with Crippen molar-refractivity contribution in [3.63, 3.8) is 0 Å². The van der Waals surface area contributed by atoms with Gasteiger partial charge in [0.1, 0.15) is 17.1 Å². The number of piperidine rings is 1. The van der Waals surface area contributed by atoms with Crippen molar-refractivity contribution < 1.29 is 10.2 Å². The number of halogens is 1. The molecule has 1 fully saturated rings. The lowest BCUT2D eigenvalue weighted by Crippen LogP contribution is -2.30. The van der Waals surface area contributed by atoms with Crippen LogP contribution >= 0.6 is 12.4 Å². The quantitative estimate of drug-likeness (QED) is 0.757. The van der Waals surface area contributed by atoms with Crippen molar-refractivity contribution in [1.82, 2.24) is 15.0 Å². The second-order valence-electron chi connectivity index (χ2n) is 6.29. The maximum absolute atomic E-state index is 5.50. The first-order chi connectivity index (χ1) is 11.8. The highest BCUT2D eigenvalue weighted by molar-refractivity contribution is 5.91. The van der Waals surface area contributed by atoms with Gasteiger partial charge >= 0.3 is 0 Å². The molecule has 7 heteroatoms. The number of methoxy groups -OCH3 is 1. The van der Waals surface area contributed by atoms with Crippen LogP contribution in [0, 0.1) is 6.92 Å². The van der Waals surface area contributed by atoms with Crippen molar-refractivity contribution in [2.24, 2.45) is 0 Å². The highest BCUT2D eigenvalue weighted by Crippen LogP contribution is 2.33. The van der Waals surface area contributed by atoms with Crippen molar-refractivity contribution in [1.29, 1.82) is 0 Å². The van der Waals surface area contributed by atoms with Gasteiger partial charge in [-0.25, -0.2) is 9.97 Å². The molecule has 6 nitrogen and oxygen atoms in total. The fourth-order valence-corrected chi connectivity index (χ4v) is 3.46. The molecule has 0 bridgehead atoms. The smallest absolute Gasteiger partial charge is 0.156 e. The van der Waals surface area contributed by atoms with Crippen molar-refractivity contribution in [3.8, 4) is 17.0 Å². The second kappa shape index (κ2) is 8.38. The third-order valence-corrected chi connectivity index (χ3v) is 4.62. The normalized spacial score (nSPS) is 13.8. The van der Waals surface area contributed by atoms with Crippen molar-refractivity contribution in [3.05, 3.63) is 36.2 Å². The highest BCUT2D eigenvalue weighted by atomic mass is 35.5. The van der Waals surface area contributed by atoms with E-state index in [9.17, 15) is 0 Å². The molecule has 3 heterocycles. The fourth-order valence-electron chi connectivity index (χ4n) is 3.46. The molecule has 0 aliphatic carbocycles. The number of benzene rings is 1. The van der Waals surface area contributed by atoms with Crippen LogP contribution in [0.2, 0.25) is 0 Å². The lowest BCUT2D eigenvalue weighted by molar-refractivity contribution is 0.416. The van der Waals surface area contributed by atoms with Gasteiger partial charge in [-0.1, -0.05) is 12.1 Å². The van der Waals surface area contributed by atoms with Gasteiger partial charge in [-0.2, -0.15) is 0 Å². The van der Waals surface area contributed by atoms with E-state index in [1.807, 2.05) is 25.1 Å². The molecular formula is C19H25ClN4O2.